The van der Waals surface area contributed by atoms with E-state index in [0.29, 0.717) is 0 Å². The van der Waals surface area contributed by atoms with Gasteiger partial charge in [0.25, 0.3) is 0 Å². The van der Waals surface area contributed by atoms with Gasteiger partial charge < -0.3 is 9.16 Å². The molecule has 1 aromatic rings. The molecule has 0 fully saturated rings. The summed E-state index contributed by atoms with van der Waals surface area (Å²) in [4.78, 5) is 0. The molecular formula is C13H21ClO2Si. The van der Waals surface area contributed by atoms with Gasteiger partial charge in [-0.15, -0.1) is 11.6 Å². The van der Waals surface area contributed by atoms with Crippen LogP contribution >= 0.6 is 11.6 Å². The average molecular weight is 273 g/mol. The van der Waals surface area contributed by atoms with Crippen molar-refractivity contribution in [1.29, 1.82) is 0 Å². The molecule has 0 amide bonds. The van der Waals surface area contributed by atoms with Crippen LogP contribution in [-0.2, 0) is 4.43 Å². The van der Waals surface area contributed by atoms with E-state index >= 15 is 0 Å². The van der Waals surface area contributed by atoms with Crippen molar-refractivity contribution in [3.05, 3.63) is 30.3 Å². The van der Waals surface area contributed by atoms with Gasteiger partial charge in [0, 0.05) is 12.5 Å². The van der Waals surface area contributed by atoms with Crippen molar-refractivity contribution in [3.8, 4) is 5.75 Å². The third-order valence-corrected chi connectivity index (χ3v) is 5.52. The monoisotopic (exact) mass is 272 g/mol. The lowest BCUT2D eigenvalue weighted by atomic mass is 10.3. The summed E-state index contributed by atoms with van der Waals surface area (Å²) in [5, 5.41) is 0. The summed E-state index contributed by atoms with van der Waals surface area (Å²) in [6.45, 7) is 3.62. The SMILES string of the molecule is CCO[SiH](CCCCl)CCOc1ccccc1. The molecule has 0 N–H and O–H groups in total. The molecule has 0 aliphatic heterocycles. The highest BCUT2D eigenvalue weighted by atomic mass is 35.5. The van der Waals surface area contributed by atoms with E-state index in [4.69, 9.17) is 20.8 Å². The highest BCUT2D eigenvalue weighted by Gasteiger charge is 2.11. The Morgan fingerprint density at radius 1 is 1.18 bits per heavy atom. The van der Waals surface area contributed by atoms with Crippen molar-refractivity contribution in [3.63, 3.8) is 0 Å². The number of ether oxygens (including phenoxy) is 1. The van der Waals surface area contributed by atoms with Crippen molar-refractivity contribution in [2.45, 2.75) is 25.4 Å². The number of para-hydroxylation sites is 1. The number of hydrogen-bond acceptors (Lipinski definition) is 2. The van der Waals surface area contributed by atoms with Crippen LogP contribution in [0.4, 0.5) is 0 Å². The predicted octanol–water partition coefficient (Wildman–Crippen LogP) is 3.45. The van der Waals surface area contributed by atoms with Crippen LogP contribution in [0.25, 0.3) is 0 Å². The van der Waals surface area contributed by atoms with Gasteiger partial charge in [0.05, 0.1) is 6.61 Å². The van der Waals surface area contributed by atoms with E-state index in [1.807, 2.05) is 30.3 Å². The van der Waals surface area contributed by atoms with E-state index in [1.54, 1.807) is 0 Å². The second-order valence-corrected chi connectivity index (χ2v) is 6.97. The van der Waals surface area contributed by atoms with Crippen molar-refractivity contribution >= 4 is 20.6 Å². The minimum atomic E-state index is -1.10. The Bertz CT molecular complexity index is 282. The molecule has 0 spiro atoms. The number of halogens is 1. The van der Waals surface area contributed by atoms with E-state index < -0.39 is 9.04 Å². The molecule has 96 valence electrons. The molecule has 0 bridgehead atoms. The molecule has 0 aromatic heterocycles. The molecule has 0 aliphatic carbocycles. The van der Waals surface area contributed by atoms with Crippen LogP contribution in [0.15, 0.2) is 30.3 Å². The van der Waals surface area contributed by atoms with Gasteiger partial charge in [-0.3, -0.25) is 0 Å². The Kier molecular flexibility index (Phi) is 8.14. The topological polar surface area (TPSA) is 18.5 Å². The number of alkyl halides is 1. The van der Waals surface area contributed by atoms with Crippen LogP contribution in [0.3, 0.4) is 0 Å². The summed E-state index contributed by atoms with van der Waals surface area (Å²) in [5.74, 6) is 1.67. The minimum absolute atomic E-state index is 0.732. The van der Waals surface area contributed by atoms with Crippen molar-refractivity contribution in [2.24, 2.45) is 0 Å². The summed E-state index contributed by atoms with van der Waals surface area (Å²) >= 11 is 5.71. The van der Waals surface area contributed by atoms with Crippen LogP contribution in [0.2, 0.25) is 12.1 Å². The zero-order chi connectivity index (χ0) is 12.3. The molecule has 0 aliphatic rings. The van der Waals surface area contributed by atoms with Crippen molar-refractivity contribution in [2.75, 3.05) is 19.1 Å². The standard InChI is InChI=1S/C13H21ClO2Si/c1-2-16-17(11-6-9-14)12-10-15-13-7-4-3-5-8-13/h3-5,7-8,17H,2,6,9-12H2,1H3. The van der Waals surface area contributed by atoms with Crippen LogP contribution < -0.4 is 4.74 Å². The van der Waals surface area contributed by atoms with Gasteiger partial charge in [0.2, 0.25) is 0 Å². The maximum absolute atomic E-state index is 5.78. The van der Waals surface area contributed by atoms with Gasteiger partial charge in [0.1, 0.15) is 5.75 Å². The maximum Gasteiger partial charge on any atom is 0.180 e. The summed E-state index contributed by atoms with van der Waals surface area (Å²) in [7, 11) is -1.10. The average Bonchev–Trinajstić information content (AvgIpc) is 2.37. The minimum Gasteiger partial charge on any atom is -0.494 e. The summed E-state index contributed by atoms with van der Waals surface area (Å²) in [6, 6.07) is 12.1. The lowest BCUT2D eigenvalue weighted by Crippen LogP contribution is -2.21. The lowest BCUT2D eigenvalue weighted by Gasteiger charge is -2.15. The highest BCUT2D eigenvalue weighted by Crippen LogP contribution is 2.11. The molecule has 17 heavy (non-hydrogen) atoms. The molecule has 0 saturated carbocycles. The van der Waals surface area contributed by atoms with Gasteiger partial charge >= 0.3 is 0 Å². The van der Waals surface area contributed by atoms with Gasteiger partial charge in [-0.2, -0.15) is 0 Å². The Balaban J connectivity index is 2.22. The third kappa shape index (κ3) is 6.71. The normalized spacial score (nSPS) is 12.4. The van der Waals surface area contributed by atoms with Gasteiger partial charge in [0.15, 0.2) is 9.04 Å². The Morgan fingerprint density at radius 2 is 1.94 bits per heavy atom. The number of benzene rings is 1. The second kappa shape index (κ2) is 9.51. The Labute approximate surface area is 111 Å². The van der Waals surface area contributed by atoms with Crippen molar-refractivity contribution in [1.82, 2.24) is 0 Å². The van der Waals surface area contributed by atoms with Gasteiger partial charge in [-0.05, 0) is 37.6 Å². The third-order valence-electron chi connectivity index (χ3n) is 2.51. The smallest absolute Gasteiger partial charge is 0.180 e. The quantitative estimate of drug-likeness (QED) is 0.506. The maximum atomic E-state index is 5.78. The molecule has 1 aromatic carbocycles. The first kappa shape index (κ1) is 14.5. The first-order chi connectivity index (χ1) is 8.36. The zero-order valence-corrected chi connectivity index (χ0v) is 12.3. The molecular weight excluding hydrogens is 252 g/mol. The molecule has 0 heterocycles. The molecule has 1 unspecified atom stereocenters. The first-order valence-corrected chi connectivity index (χ1v) is 8.86. The van der Waals surface area contributed by atoms with E-state index in [9.17, 15) is 0 Å². The van der Waals surface area contributed by atoms with Crippen LogP contribution in [0.5, 0.6) is 5.75 Å². The molecule has 2 nitrogen and oxygen atoms in total. The molecule has 1 rings (SSSR count). The van der Waals surface area contributed by atoms with E-state index in [0.717, 1.165) is 43.4 Å². The van der Waals surface area contributed by atoms with Crippen LogP contribution in [0.1, 0.15) is 13.3 Å². The molecule has 0 saturated heterocycles. The second-order valence-electron chi connectivity index (χ2n) is 3.86. The van der Waals surface area contributed by atoms with Crippen LogP contribution in [0, 0.1) is 0 Å². The van der Waals surface area contributed by atoms with Gasteiger partial charge in [-0.1, -0.05) is 18.2 Å². The summed E-state index contributed by atoms with van der Waals surface area (Å²) in [6.07, 6.45) is 1.06. The van der Waals surface area contributed by atoms with E-state index in [1.165, 1.54) is 0 Å². The zero-order valence-electron chi connectivity index (χ0n) is 10.4. The highest BCUT2D eigenvalue weighted by molar-refractivity contribution is 6.51. The molecule has 0 radical (unpaired) electrons. The Hall–Kier alpha value is -0.513. The lowest BCUT2D eigenvalue weighted by molar-refractivity contribution is 0.308. The fraction of sp³-hybridized carbons (Fsp3) is 0.538. The Morgan fingerprint density at radius 3 is 2.59 bits per heavy atom. The fourth-order valence-corrected chi connectivity index (χ4v) is 4.22. The van der Waals surface area contributed by atoms with E-state index in [2.05, 4.69) is 6.92 Å². The summed E-state index contributed by atoms with van der Waals surface area (Å²) < 4.78 is 11.5. The van der Waals surface area contributed by atoms with E-state index in [-0.39, 0.29) is 0 Å². The van der Waals surface area contributed by atoms with Gasteiger partial charge in [-0.25, -0.2) is 0 Å². The fourth-order valence-electron chi connectivity index (χ4n) is 1.68. The predicted molar refractivity (Wildman–Crippen MR) is 75.7 cm³/mol. The first-order valence-electron chi connectivity index (χ1n) is 6.22. The number of rotatable bonds is 9. The largest absolute Gasteiger partial charge is 0.494 e. The van der Waals surface area contributed by atoms with Crippen LogP contribution in [-0.4, -0.2) is 28.1 Å². The molecule has 4 heteroatoms. The summed E-state index contributed by atoms with van der Waals surface area (Å²) in [5.41, 5.74) is 0. The number of hydrogen-bond donors (Lipinski definition) is 0. The molecule has 1 atom stereocenters. The van der Waals surface area contributed by atoms with Crippen molar-refractivity contribution < 1.29 is 9.16 Å².